The van der Waals surface area contributed by atoms with Gasteiger partial charge in [-0.25, -0.2) is 13.1 Å². The molecule has 0 fully saturated rings. The van der Waals surface area contributed by atoms with Crippen molar-refractivity contribution in [3.8, 4) is 0 Å². The summed E-state index contributed by atoms with van der Waals surface area (Å²) in [5, 5.41) is 8.37. The number of carboxylic acids is 1. The molecule has 18 heavy (non-hydrogen) atoms. The number of esters is 1. The highest BCUT2D eigenvalue weighted by molar-refractivity contribution is 7.89. The zero-order valence-electron chi connectivity index (χ0n) is 10.3. The average molecular weight is 281 g/mol. The molecule has 0 saturated heterocycles. The fraction of sp³-hybridized carbons (Fsp3) is 0.800. The molecule has 0 spiro atoms. The second-order valence-corrected chi connectivity index (χ2v) is 5.55. The van der Waals surface area contributed by atoms with Crippen molar-refractivity contribution < 1.29 is 27.9 Å². The molecule has 0 aliphatic rings. The SMILES string of the molecule is CCOC(=O)CCCNS(=O)(=O)CCCC(=O)O. The summed E-state index contributed by atoms with van der Waals surface area (Å²) in [5.41, 5.74) is 0. The van der Waals surface area contributed by atoms with Gasteiger partial charge in [0, 0.05) is 19.4 Å². The van der Waals surface area contributed by atoms with E-state index in [4.69, 9.17) is 5.11 Å². The summed E-state index contributed by atoms with van der Waals surface area (Å²) in [4.78, 5) is 21.2. The fourth-order valence-electron chi connectivity index (χ4n) is 1.18. The topological polar surface area (TPSA) is 110 Å². The first kappa shape index (κ1) is 16.9. The number of carbonyl (C=O) groups excluding carboxylic acids is 1. The van der Waals surface area contributed by atoms with E-state index in [0.29, 0.717) is 13.0 Å². The smallest absolute Gasteiger partial charge is 0.305 e. The van der Waals surface area contributed by atoms with Crippen molar-refractivity contribution in [3.63, 3.8) is 0 Å². The molecule has 0 aromatic rings. The van der Waals surface area contributed by atoms with E-state index in [1.54, 1.807) is 6.92 Å². The van der Waals surface area contributed by atoms with Gasteiger partial charge in [-0.1, -0.05) is 0 Å². The molecule has 0 amide bonds. The van der Waals surface area contributed by atoms with Gasteiger partial charge in [-0.2, -0.15) is 0 Å². The highest BCUT2D eigenvalue weighted by atomic mass is 32.2. The van der Waals surface area contributed by atoms with Gasteiger partial charge in [0.15, 0.2) is 0 Å². The van der Waals surface area contributed by atoms with Crippen LogP contribution in [0.15, 0.2) is 0 Å². The van der Waals surface area contributed by atoms with Crippen LogP contribution in [0.25, 0.3) is 0 Å². The minimum absolute atomic E-state index is 0.0720. The maximum absolute atomic E-state index is 11.4. The molecule has 106 valence electrons. The number of rotatable bonds is 10. The first-order chi connectivity index (χ1) is 8.37. The standard InChI is InChI=1S/C10H19NO6S/c1-2-17-10(14)6-3-7-11-18(15,16)8-4-5-9(12)13/h11H,2-8H2,1H3,(H,12,13). The molecule has 0 atom stereocenters. The number of aliphatic carboxylic acids is 1. The van der Waals surface area contributed by atoms with E-state index in [-0.39, 0.29) is 37.5 Å². The molecule has 0 unspecified atom stereocenters. The number of carboxylic acid groups (broad SMARTS) is 1. The predicted molar refractivity (Wildman–Crippen MR) is 64.5 cm³/mol. The predicted octanol–water partition coefficient (Wildman–Crippen LogP) is 0.114. The summed E-state index contributed by atoms with van der Waals surface area (Å²) in [6, 6.07) is 0. The number of nitrogens with one attached hydrogen (secondary N) is 1. The second-order valence-electron chi connectivity index (χ2n) is 3.62. The Kier molecular flexibility index (Phi) is 8.30. The largest absolute Gasteiger partial charge is 0.481 e. The summed E-state index contributed by atoms with van der Waals surface area (Å²) in [5.74, 6) is -1.60. The Morgan fingerprint density at radius 1 is 1.22 bits per heavy atom. The molecule has 0 heterocycles. The van der Waals surface area contributed by atoms with Crippen LogP contribution in [0.1, 0.15) is 32.6 Å². The molecular formula is C10H19NO6S. The summed E-state index contributed by atoms with van der Waals surface area (Å²) in [6.45, 7) is 2.15. The van der Waals surface area contributed by atoms with Crippen LogP contribution in [0.4, 0.5) is 0 Å². The minimum atomic E-state index is -3.45. The Balaban J connectivity index is 3.70. The van der Waals surface area contributed by atoms with Crippen LogP contribution in [0.2, 0.25) is 0 Å². The number of hydrogen-bond acceptors (Lipinski definition) is 5. The van der Waals surface area contributed by atoms with E-state index >= 15 is 0 Å². The van der Waals surface area contributed by atoms with Crippen LogP contribution in [0.5, 0.6) is 0 Å². The molecular weight excluding hydrogens is 262 g/mol. The Labute approximate surface area is 107 Å². The lowest BCUT2D eigenvalue weighted by molar-refractivity contribution is -0.143. The lowest BCUT2D eigenvalue weighted by atomic mass is 10.3. The molecule has 2 N–H and O–H groups in total. The Morgan fingerprint density at radius 3 is 2.44 bits per heavy atom. The number of ether oxygens (including phenoxy) is 1. The monoisotopic (exact) mass is 281 g/mol. The van der Waals surface area contributed by atoms with Gasteiger partial charge < -0.3 is 9.84 Å². The van der Waals surface area contributed by atoms with Crippen molar-refractivity contribution in [1.29, 1.82) is 0 Å². The Morgan fingerprint density at radius 2 is 1.89 bits per heavy atom. The number of hydrogen-bond donors (Lipinski definition) is 2. The molecule has 0 saturated carbocycles. The quantitative estimate of drug-likeness (QED) is 0.434. The first-order valence-corrected chi connectivity index (χ1v) is 7.37. The molecule has 0 bridgehead atoms. The second kappa shape index (κ2) is 8.87. The van der Waals surface area contributed by atoms with Gasteiger partial charge in [0.25, 0.3) is 0 Å². The third-order valence-corrected chi connectivity index (χ3v) is 3.46. The normalized spacial score (nSPS) is 11.2. The average Bonchev–Trinajstić information content (AvgIpc) is 2.24. The summed E-state index contributed by atoms with van der Waals surface area (Å²) >= 11 is 0. The molecule has 0 aliphatic carbocycles. The zero-order chi connectivity index (χ0) is 14.0. The van der Waals surface area contributed by atoms with E-state index in [9.17, 15) is 18.0 Å². The first-order valence-electron chi connectivity index (χ1n) is 5.72. The van der Waals surface area contributed by atoms with Crippen LogP contribution >= 0.6 is 0 Å². The Bertz CT molecular complexity index is 365. The van der Waals surface area contributed by atoms with Crippen molar-refractivity contribution in [3.05, 3.63) is 0 Å². The number of carbonyl (C=O) groups is 2. The molecule has 0 rings (SSSR count). The van der Waals surface area contributed by atoms with Crippen LogP contribution < -0.4 is 4.72 Å². The minimum Gasteiger partial charge on any atom is -0.481 e. The van der Waals surface area contributed by atoms with Gasteiger partial charge in [0.05, 0.1) is 12.4 Å². The van der Waals surface area contributed by atoms with Crippen molar-refractivity contribution in [1.82, 2.24) is 4.72 Å². The summed E-state index contributed by atoms with van der Waals surface area (Å²) in [7, 11) is -3.45. The van der Waals surface area contributed by atoms with Crippen LogP contribution in [0, 0.1) is 0 Å². The van der Waals surface area contributed by atoms with Crippen molar-refractivity contribution in [2.24, 2.45) is 0 Å². The van der Waals surface area contributed by atoms with E-state index in [1.165, 1.54) is 0 Å². The van der Waals surface area contributed by atoms with Gasteiger partial charge >= 0.3 is 11.9 Å². The van der Waals surface area contributed by atoms with Crippen LogP contribution in [-0.4, -0.2) is 44.4 Å². The van der Waals surface area contributed by atoms with Gasteiger partial charge in [-0.3, -0.25) is 9.59 Å². The summed E-state index contributed by atoms with van der Waals surface area (Å²) < 4.78 is 29.7. The van der Waals surface area contributed by atoms with E-state index in [0.717, 1.165) is 0 Å². The maximum Gasteiger partial charge on any atom is 0.305 e. The van der Waals surface area contributed by atoms with Crippen molar-refractivity contribution >= 4 is 22.0 Å². The molecule has 0 aromatic heterocycles. The van der Waals surface area contributed by atoms with E-state index in [2.05, 4.69) is 9.46 Å². The molecule has 7 nitrogen and oxygen atoms in total. The molecule has 0 radical (unpaired) electrons. The third-order valence-electron chi connectivity index (χ3n) is 1.99. The van der Waals surface area contributed by atoms with Crippen molar-refractivity contribution in [2.45, 2.75) is 32.6 Å². The lowest BCUT2D eigenvalue weighted by Crippen LogP contribution is -2.28. The highest BCUT2D eigenvalue weighted by Gasteiger charge is 2.11. The van der Waals surface area contributed by atoms with Gasteiger partial charge in [0.1, 0.15) is 0 Å². The van der Waals surface area contributed by atoms with Crippen LogP contribution in [-0.2, 0) is 24.3 Å². The third kappa shape index (κ3) is 10.0. The van der Waals surface area contributed by atoms with Crippen LogP contribution in [0.3, 0.4) is 0 Å². The number of sulfonamides is 1. The van der Waals surface area contributed by atoms with Crippen molar-refractivity contribution in [2.75, 3.05) is 18.9 Å². The molecule has 0 aromatic carbocycles. The lowest BCUT2D eigenvalue weighted by Gasteiger charge is -2.05. The molecule has 0 aliphatic heterocycles. The summed E-state index contributed by atoms with van der Waals surface area (Å²) in [6.07, 6.45) is 0.411. The molecule has 8 heteroatoms. The van der Waals surface area contributed by atoms with Gasteiger partial charge in [0.2, 0.25) is 10.0 Å². The van der Waals surface area contributed by atoms with E-state index in [1.807, 2.05) is 0 Å². The zero-order valence-corrected chi connectivity index (χ0v) is 11.2. The Hall–Kier alpha value is -1.15. The highest BCUT2D eigenvalue weighted by Crippen LogP contribution is 1.97. The maximum atomic E-state index is 11.4. The van der Waals surface area contributed by atoms with Gasteiger partial charge in [-0.15, -0.1) is 0 Å². The fourth-order valence-corrected chi connectivity index (χ4v) is 2.30. The van der Waals surface area contributed by atoms with E-state index < -0.39 is 16.0 Å². The van der Waals surface area contributed by atoms with Gasteiger partial charge in [-0.05, 0) is 19.8 Å².